The third-order valence-electron chi connectivity index (χ3n) is 6.24. The average molecular weight is 478 g/mol. The number of halogens is 1. The van der Waals surface area contributed by atoms with Crippen molar-refractivity contribution in [2.75, 3.05) is 7.11 Å². The Morgan fingerprint density at radius 3 is 2.41 bits per heavy atom. The molecule has 0 aliphatic heterocycles. The van der Waals surface area contributed by atoms with Gasteiger partial charge in [-0.1, -0.05) is 76.7 Å². The van der Waals surface area contributed by atoms with Crippen LogP contribution in [0.1, 0.15) is 0 Å². The molecule has 1 heterocycles. The molecule has 0 unspecified atom stereocenters. The number of hydrogen-bond donors (Lipinski definition) is 1. The lowest BCUT2D eigenvalue weighted by Gasteiger charge is -2.08. The predicted molar refractivity (Wildman–Crippen MR) is 140 cm³/mol. The number of imidazole rings is 1. The lowest BCUT2D eigenvalue weighted by atomic mass is 9.72. The molecule has 32 heavy (non-hydrogen) atoms. The Bertz CT molecular complexity index is 1670. The van der Waals surface area contributed by atoms with Gasteiger partial charge in [0.05, 0.1) is 18.1 Å². The maximum Gasteiger partial charge on any atom is 0.148 e. The molecule has 5 heteroatoms. The van der Waals surface area contributed by atoms with Gasteiger partial charge in [-0.15, -0.1) is 0 Å². The summed E-state index contributed by atoms with van der Waals surface area (Å²) in [7, 11) is 3.84. The van der Waals surface area contributed by atoms with E-state index in [1.54, 1.807) is 7.11 Å². The number of benzene rings is 5. The first-order chi connectivity index (χ1) is 15.7. The number of hydrogen-bond acceptors (Lipinski definition) is 2. The Kier molecular flexibility index (Phi) is 4.47. The van der Waals surface area contributed by atoms with Crippen LogP contribution in [0.4, 0.5) is 0 Å². The molecule has 0 spiro atoms. The SMILES string of the molecule is C[B]c1ccc2c3ccc(Br)cc3c3[nH]c(-c4ccc(OC)c5ccccc45)nc3c2c1. The fraction of sp³-hybridized carbons (Fsp3) is 0.0741. The number of nitrogens with zero attached hydrogens (tertiary/aromatic N) is 1. The van der Waals surface area contributed by atoms with E-state index in [4.69, 9.17) is 9.72 Å². The quantitative estimate of drug-likeness (QED) is 0.224. The molecule has 0 fully saturated rings. The predicted octanol–water partition coefficient (Wildman–Crippen LogP) is 6.84. The molecule has 6 rings (SSSR count). The lowest BCUT2D eigenvalue weighted by molar-refractivity contribution is 0.420. The van der Waals surface area contributed by atoms with Crippen molar-refractivity contribution in [2.24, 2.45) is 0 Å². The summed E-state index contributed by atoms with van der Waals surface area (Å²) in [5, 5.41) is 6.94. The normalized spacial score (nSPS) is 11.6. The van der Waals surface area contributed by atoms with Gasteiger partial charge in [-0.05, 0) is 40.4 Å². The highest BCUT2D eigenvalue weighted by Crippen LogP contribution is 2.38. The maximum atomic E-state index is 5.59. The minimum atomic E-state index is 0.860. The third kappa shape index (κ3) is 2.85. The van der Waals surface area contributed by atoms with Gasteiger partial charge >= 0.3 is 0 Å². The second-order valence-electron chi connectivity index (χ2n) is 7.95. The van der Waals surface area contributed by atoms with E-state index < -0.39 is 0 Å². The zero-order chi connectivity index (χ0) is 21.8. The van der Waals surface area contributed by atoms with E-state index in [1.165, 1.54) is 16.2 Å². The molecule has 1 N–H and O–H groups in total. The van der Waals surface area contributed by atoms with Crippen molar-refractivity contribution < 1.29 is 4.74 Å². The number of aromatic amines is 1. The zero-order valence-electron chi connectivity index (χ0n) is 17.7. The lowest BCUT2D eigenvalue weighted by Crippen LogP contribution is -2.09. The van der Waals surface area contributed by atoms with Gasteiger partial charge in [0.1, 0.15) is 18.9 Å². The van der Waals surface area contributed by atoms with Gasteiger partial charge in [-0.2, -0.15) is 0 Å². The topological polar surface area (TPSA) is 37.9 Å². The molecule has 1 aromatic heterocycles. The molecule has 5 aromatic carbocycles. The van der Waals surface area contributed by atoms with Crippen LogP contribution in [0.5, 0.6) is 5.75 Å². The summed E-state index contributed by atoms with van der Waals surface area (Å²) >= 11 is 3.65. The maximum absolute atomic E-state index is 5.59. The van der Waals surface area contributed by atoms with Crippen LogP contribution < -0.4 is 10.2 Å². The van der Waals surface area contributed by atoms with Crippen LogP contribution in [0.3, 0.4) is 0 Å². The van der Waals surface area contributed by atoms with Crippen molar-refractivity contribution >= 4 is 72.0 Å². The minimum Gasteiger partial charge on any atom is -0.496 e. The first kappa shape index (κ1) is 19.4. The fourth-order valence-electron chi connectivity index (χ4n) is 4.68. The monoisotopic (exact) mass is 477 g/mol. The Morgan fingerprint density at radius 2 is 1.59 bits per heavy atom. The van der Waals surface area contributed by atoms with Crippen molar-refractivity contribution in [3.63, 3.8) is 0 Å². The van der Waals surface area contributed by atoms with Crippen LogP contribution in [0.2, 0.25) is 6.82 Å². The van der Waals surface area contributed by atoms with Gasteiger partial charge < -0.3 is 9.72 Å². The molecule has 6 aromatic rings. The summed E-state index contributed by atoms with van der Waals surface area (Å²) in [5.74, 6) is 1.72. The summed E-state index contributed by atoms with van der Waals surface area (Å²) < 4.78 is 6.64. The molecular weight excluding hydrogens is 459 g/mol. The van der Waals surface area contributed by atoms with Gasteiger partial charge in [0.25, 0.3) is 0 Å². The smallest absolute Gasteiger partial charge is 0.148 e. The van der Waals surface area contributed by atoms with Crippen LogP contribution in [-0.4, -0.2) is 24.4 Å². The fourth-order valence-corrected chi connectivity index (χ4v) is 5.04. The number of ether oxygens (including phenoxy) is 1. The van der Waals surface area contributed by atoms with Crippen molar-refractivity contribution in [2.45, 2.75) is 6.82 Å². The molecule has 0 amide bonds. The number of H-pyrrole nitrogens is 1. The van der Waals surface area contributed by atoms with E-state index in [0.29, 0.717) is 0 Å². The summed E-state index contributed by atoms with van der Waals surface area (Å²) in [5.41, 5.74) is 4.29. The number of fused-ring (bicyclic) bond motifs is 7. The van der Waals surface area contributed by atoms with Gasteiger partial charge in [0, 0.05) is 26.2 Å². The van der Waals surface area contributed by atoms with Gasteiger partial charge in [-0.25, -0.2) is 4.98 Å². The molecule has 0 saturated heterocycles. The highest BCUT2D eigenvalue weighted by Gasteiger charge is 2.16. The van der Waals surface area contributed by atoms with Crippen molar-refractivity contribution in [3.8, 4) is 17.1 Å². The van der Waals surface area contributed by atoms with Crippen LogP contribution in [0, 0.1) is 0 Å². The van der Waals surface area contributed by atoms with Gasteiger partial charge in [-0.3, -0.25) is 0 Å². The number of methoxy groups -OCH3 is 1. The summed E-state index contributed by atoms with van der Waals surface area (Å²) in [4.78, 5) is 8.80. The second-order valence-corrected chi connectivity index (χ2v) is 8.87. The molecule has 1 radical (unpaired) electrons. The van der Waals surface area contributed by atoms with E-state index in [2.05, 4.69) is 95.7 Å². The average Bonchev–Trinajstić information content (AvgIpc) is 3.28. The standard InChI is InChI=1S/C27H19BBrN2O/c1-28-15-7-9-18-19-10-8-16(29)14-23(19)26-25(22(18)13-15)30-27(31-26)21-11-12-24(32-2)20-6-4-3-5-17(20)21/h3-14H,1-2H3,(H,30,31). The highest BCUT2D eigenvalue weighted by molar-refractivity contribution is 9.10. The van der Waals surface area contributed by atoms with Crippen LogP contribution >= 0.6 is 15.9 Å². The molecule has 3 nitrogen and oxygen atoms in total. The van der Waals surface area contributed by atoms with E-state index in [0.717, 1.165) is 54.2 Å². The van der Waals surface area contributed by atoms with Crippen LogP contribution in [-0.2, 0) is 0 Å². The number of rotatable bonds is 3. The van der Waals surface area contributed by atoms with E-state index in [1.807, 2.05) is 12.1 Å². The molecule has 0 atom stereocenters. The first-order valence-electron chi connectivity index (χ1n) is 10.6. The van der Waals surface area contributed by atoms with E-state index in [9.17, 15) is 0 Å². The van der Waals surface area contributed by atoms with E-state index in [-0.39, 0.29) is 0 Å². The number of aromatic nitrogens is 2. The molecule has 0 aliphatic carbocycles. The van der Waals surface area contributed by atoms with Crippen molar-refractivity contribution in [3.05, 3.63) is 77.3 Å². The highest BCUT2D eigenvalue weighted by atomic mass is 79.9. The first-order valence-corrected chi connectivity index (χ1v) is 11.4. The Morgan fingerprint density at radius 1 is 0.812 bits per heavy atom. The Labute approximate surface area is 194 Å². The van der Waals surface area contributed by atoms with Crippen LogP contribution in [0.25, 0.3) is 54.7 Å². The Hall–Kier alpha value is -3.31. The third-order valence-corrected chi connectivity index (χ3v) is 6.73. The minimum absolute atomic E-state index is 0.860. The van der Waals surface area contributed by atoms with Gasteiger partial charge in [0.2, 0.25) is 0 Å². The summed E-state index contributed by atoms with van der Waals surface area (Å²) in [6.07, 6.45) is 0. The van der Waals surface area contributed by atoms with Crippen LogP contribution in [0.15, 0.2) is 77.3 Å². The largest absolute Gasteiger partial charge is 0.496 e. The molecule has 0 bridgehead atoms. The molecule has 0 aliphatic rings. The van der Waals surface area contributed by atoms with Crippen molar-refractivity contribution in [1.29, 1.82) is 0 Å². The molecule has 153 valence electrons. The Balaban J connectivity index is 1.75. The molecule has 0 saturated carbocycles. The summed E-state index contributed by atoms with van der Waals surface area (Å²) in [6, 6.07) is 25.5. The number of nitrogens with one attached hydrogen (secondary N) is 1. The zero-order valence-corrected chi connectivity index (χ0v) is 19.3. The van der Waals surface area contributed by atoms with Crippen molar-refractivity contribution in [1.82, 2.24) is 9.97 Å². The summed E-state index contributed by atoms with van der Waals surface area (Å²) in [6.45, 7) is 2.07. The molecular formula is C27H19BBrN2O. The van der Waals surface area contributed by atoms with E-state index >= 15 is 0 Å². The second kappa shape index (κ2) is 7.39. The van der Waals surface area contributed by atoms with Gasteiger partial charge in [0.15, 0.2) is 0 Å².